The predicted octanol–water partition coefficient (Wildman–Crippen LogP) is 1.77. The van der Waals surface area contributed by atoms with Crippen LogP contribution in [0.3, 0.4) is 0 Å². The molecule has 0 spiro atoms. The Morgan fingerprint density at radius 3 is 2.26 bits per heavy atom. The summed E-state index contributed by atoms with van der Waals surface area (Å²) in [7, 11) is 0. The highest BCUT2D eigenvalue weighted by atomic mass is 16.2. The van der Waals surface area contributed by atoms with E-state index in [9.17, 15) is 14.4 Å². The topological polar surface area (TPSA) is 66.5 Å². The second-order valence-electron chi connectivity index (χ2n) is 6.21. The summed E-state index contributed by atoms with van der Waals surface area (Å²) in [6.45, 7) is 7.87. The maximum atomic E-state index is 12.5. The summed E-state index contributed by atoms with van der Waals surface area (Å²) in [4.78, 5) is 37.6. The van der Waals surface area contributed by atoms with Crippen LogP contribution in [0, 0.1) is 23.7 Å². The van der Waals surface area contributed by atoms with Crippen LogP contribution in [0.15, 0.2) is 0 Å². The third-order valence-corrected chi connectivity index (χ3v) is 4.66. The van der Waals surface area contributed by atoms with Crippen LogP contribution in [-0.4, -0.2) is 28.8 Å². The molecule has 4 atom stereocenters. The predicted molar refractivity (Wildman–Crippen MR) is 70.1 cm³/mol. The molecule has 1 N–H and O–H groups in total. The molecule has 0 aromatic rings. The fourth-order valence-electron chi connectivity index (χ4n) is 3.21. The van der Waals surface area contributed by atoms with Crippen molar-refractivity contribution in [3.8, 4) is 0 Å². The van der Waals surface area contributed by atoms with Gasteiger partial charge in [-0.3, -0.25) is 19.8 Å². The van der Waals surface area contributed by atoms with Crippen LogP contribution in [0.25, 0.3) is 0 Å². The Balaban J connectivity index is 2.26. The van der Waals surface area contributed by atoms with Crippen LogP contribution in [0.5, 0.6) is 0 Å². The van der Waals surface area contributed by atoms with E-state index in [0.717, 1.165) is 12.8 Å². The highest BCUT2D eigenvalue weighted by Gasteiger charge is 2.47. The lowest BCUT2D eigenvalue weighted by Crippen LogP contribution is -2.62. The van der Waals surface area contributed by atoms with E-state index in [-0.39, 0.29) is 23.8 Å². The SMILES string of the molecule is CC(C)C1C(=O)NC(=O)N(C2CCC(C)C2C)C1=O. The summed E-state index contributed by atoms with van der Waals surface area (Å²) < 4.78 is 0. The number of nitrogens with zero attached hydrogens (tertiary/aromatic N) is 1. The van der Waals surface area contributed by atoms with Gasteiger partial charge in [-0.1, -0.05) is 27.7 Å². The number of hydrogen-bond acceptors (Lipinski definition) is 3. The summed E-state index contributed by atoms with van der Waals surface area (Å²) in [5, 5.41) is 2.33. The average molecular weight is 266 g/mol. The Kier molecular flexibility index (Phi) is 3.65. The van der Waals surface area contributed by atoms with Gasteiger partial charge in [-0.05, 0) is 30.6 Å². The van der Waals surface area contributed by atoms with Gasteiger partial charge >= 0.3 is 6.03 Å². The monoisotopic (exact) mass is 266 g/mol. The molecule has 1 heterocycles. The van der Waals surface area contributed by atoms with Crippen molar-refractivity contribution in [3.63, 3.8) is 0 Å². The summed E-state index contributed by atoms with van der Waals surface area (Å²) in [6.07, 6.45) is 1.85. The van der Waals surface area contributed by atoms with Gasteiger partial charge in [-0.15, -0.1) is 0 Å². The first-order valence-electron chi connectivity index (χ1n) is 7.02. The Hall–Kier alpha value is -1.39. The molecule has 5 heteroatoms. The second-order valence-corrected chi connectivity index (χ2v) is 6.21. The number of nitrogens with one attached hydrogen (secondary N) is 1. The number of carbonyl (C=O) groups excluding carboxylic acids is 3. The zero-order valence-corrected chi connectivity index (χ0v) is 12.0. The van der Waals surface area contributed by atoms with Gasteiger partial charge < -0.3 is 0 Å². The van der Waals surface area contributed by atoms with E-state index in [1.165, 1.54) is 4.90 Å². The first-order chi connectivity index (χ1) is 8.84. The summed E-state index contributed by atoms with van der Waals surface area (Å²) in [6, 6.07) is -0.616. The van der Waals surface area contributed by atoms with Crippen molar-refractivity contribution in [3.05, 3.63) is 0 Å². The van der Waals surface area contributed by atoms with Crippen LogP contribution >= 0.6 is 0 Å². The maximum Gasteiger partial charge on any atom is 0.331 e. The minimum Gasteiger partial charge on any atom is -0.277 e. The molecule has 1 saturated carbocycles. The molecule has 1 aliphatic heterocycles. The van der Waals surface area contributed by atoms with Gasteiger partial charge in [-0.2, -0.15) is 0 Å². The van der Waals surface area contributed by atoms with Gasteiger partial charge in [0.2, 0.25) is 11.8 Å². The molecular weight excluding hydrogens is 244 g/mol. The lowest BCUT2D eigenvalue weighted by molar-refractivity contribution is -0.146. The maximum absolute atomic E-state index is 12.5. The van der Waals surface area contributed by atoms with Gasteiger partial charge in [0, 0.05) is 6.04 Å². The molecule has 4 unspecified atom stereocenters. The van der Waals surface area contributed by atoms with E-state index in [1.54, 1.807) is 0 Å². The van der Waals surface area contributed by atoms with Crippen molar-refractivity contribution < 1.29 is 14.4 Å². The normalized spacial score (nSPS) is 36.1. The molecule has 2 aliphatic rings. The third kappa shape index (κ3) is 2.26. The van der Waals surface area contributed by atoms with E-state index in [4.69, 9.17) is 0 Å². The van der Waals surface area contributed by atoms with Crippen molar-refractivity contribution in [2.45, 2.75) is 46.6 Å². The number of carbonyl (C=O) groups is 3. The molecule has 1 saturated heterocycles. The zero-order chi connectivity index (χ0) is 14.3. The van der Waals surface area contributed by atoms with Gasteiger partial charge in [0.25, 0.3) is 0 Å². The lowest BCUT2D eigenvalue weighted by atomic mass is 9.89. The Morgan fingerprint density at radius 2 is 1.79 bits per heavy atom. The molecule has 5 nitrogen and oxygen atoms in total. The number of rotatable bonds is 2. The molecular formula is C14H22N2O3. The van der Waals surface area contributed by atoms with E-state index in [0.29, 0.717) is 5.92 Å². The number of hydrogen-bond donors (Lipinski definition) is 1. The highest BCUT2D eigenvalue weighted by molar-refractivity contribution is 6.16. The molecule has 4 amide bonds. The second kappa shape index (κ2) is 4.94. The smallest absolute Gasteiger partial charge is 0.277 e. The molecule has 2 rings (SSSR count). The number of urea groups is 1. The van der Waals surface area contributed by atoms with Crippen molar-refractivity contribution in [2.24, 2.45) is 23.7 Å². The quantitative estimate of drug-likeness (QED) is 0.775. The van der Waals surface area contributed by atoms with E-state index < -0.39 is 17.9 Å². The first kappa shape index (κ1) is 14.0. The van der Waals surface area contributed by atoms with Gasteiger partial charge in [-0.25, -0.2) is 4.79 Å². The average Bonchev–Trinajstić information content (AvgIpc) is 2.60. The van der Waals surface area contributed by atoms with Gasteiger partial charge in [0.05, 0.1) is 0 Å². The minimum absolute atomic E-state index is 0.0724. The minimum atomic E-state index is -0.735. The fourth-order valence-corrected chi connectivity index (χ4v) is 3.21. The molecule has 2 fully saturated rings. The molecule has 0 radical (unpaired) electrons. The zero-order valence-electron chi connectivity index (χ0n) is 12.0. The van der Waals surface area contributed by atoms with Crippen LogP contribution < -0.4 is 5.32 Å². The molecule has 0 aromatic heterocycles. The van der Waals surface area contributed by atoms with Crippen LogP contribution in [0.4, 0.5) is 4.79 Å². The summed E-state index contributed by atoms with van der Waals surface area (Å²) >= 11 is 0. The first-order valence-corrected chi connectivity index (χ1v) is 7.02. The molecule has 0 aromatic carbocycles. The number of amides is 4. The lowest BCUT2D eigenvalue weighted by Gasteiger charge is -2.37. The van der Waals surface area contributed by atoms with E-state index in [1.807, 2.05) is 13.8 Å². The molecule has 19 heavy (non-hydrogen) atoms. The van der Waals surface area contributed by atoms with E-state index in [2.05, 4.69) is 19.2 Å². The standard InChI is InChI=1S/C14H22N2O3/c1-7(2)11-12(17)15-14(19)16(13(11)18)10-6-5-8(3)9(10)4/h7-11H,5-6H2,1-4H3,(H,15,17,19). The van der Waals surface area contributed by atoms with Crippen molar-refractivity contribution in [1.82, 2.24) is 10.2 Å². The molecule has 106 valence electrons. The summed E-state index contributed by atoms with van der Waals surface area (Å²) in [5.41, 5.74) is 0. The molecule has 0 bridgehead atoms. The number of barbiturate groups is 1. The van der Waals surface area contributed by atoms with Crippen molar-refractivity contribution in [1.29, 1.82) is 0 Å². The van der Waals surface area contributed by atoms with Crippen molar-refractivity contribution in [2.75, 3.05) is 0 Å². The Labute approximate surface area is 113 Å². The largest absolute Gasteiger partial charge is 0.331 e. The van der Waals surface area contributed by atoms with Crippen LogP contribution in [0.1, 0.15) is 40.5 Å². The van der Waals surface area contributed by atoms with Gasteiger partial charge in [0.1, 0.15) is 5.92 Å². The van der Waals surface area contributed by atoms with Crippen LogP contribution in [0.2, 0.25) is 0 Å². The van der Waals surface area contributed by atoms with Crippen LogP contribution in [-0.2, 0) is 9.59 Å². The highest BCUT2D eigenvalue weighted by Crippen LogP contribution is 2.36. The summed E-state index contributed by atoms with van der Waals surface area (Å²) in [5.74, 6) is -0.830. The Bertz CT molecular complexity index is 419. The van der Waals surface area contributed by atoms with Crippen molar-refractivity contribution >= 4 is 17.8 Å². The van der Waals surface area contributed by atoms with Gasteiger partial charge in [0.15, 0.2) is 0 Å². The van der Waals surface area contributed by atoms with E-state index >= 15 is 0 Å². The fraction of sp³-hybridized carbons (Fsp3) is 0.786. The Morgan fingerprint density at radius 1 is 1.16 bits per heavy atom. The third-order valence-electron chi connectivity index (χ3n) is 4.66. The molecule has 1 aliphatic carbocycles. The number of imide groups is 2.